The number of anilines is 1. The van der Waals surface area contributed by atoms with Gasteiger partial charge in [0.25, 0.3) is 5.91 Å². The van der Waals surface area contributed by atoms with Gasteiger partial charge >= 0.3 is 0 Å². The van der Waals surface area contributed by atoms with E-state index in [1.165, 1.54) is 18.2 Å². The van der Waals surface area contributed by atoms with E-state index in [1.54, 1.807) is 0 Å². The summed E-state index contributed by atoms with van der Waals surface area (Å²) in [5.41, 5.74) is 0.152. The lowest BCUT2D eigenvalue weighted by atomic mass is 10.2. The highest BCUT2D eigenvalue weighted by Crippen LogP contribution is 2.24. The Morgan fingerprint density at radius 2 is 1.74 bits per heavy atom. The number of benzene rings is 2. The van der Waals surface area contributed by atoms with Crippen LogP contribution in [0.15, 0.2) is 36.4 Å². The molecule has 0 unspecified atom stereocenters. The molecule has 0 saturated heterocycles. The summed E-state index contributed by atoms with van der Waals surface area (Å²) >= 11 is 5.66. The molecule has 1 amide bonds. The van der Waals surface area contributed by atoms with Crippen molar-refractivity contribution >= 4 is 23.2 Å². The number of hydrogen-bond acceptors (Lipinski definition) is 2. The molecule has 6 heteroatoms. The highest BCUT2D eigenvalue weighted by molar-refractivity contribution is 6.32. The first-order valence-corrected chi connectivity index (χ1v) is 5.59. The van der Waals surface area contributed by atoms with Crippen LogP contribution in [0.5, 0.6) is 5.75 Å². The molecule has 0 heterocycles. The van der Waals surface area contributed by atoms with Crippen LogP contribution in [0.4, 0.5) is 14.5 Å². The van der Waals surface area contributed by atoms with Crippen molar-refractivity contribution < 1.29 is 18.7 Å². The fourth-order valence-electron chi connectivity index (χ4n) is 1.48. The Labute approximate surface area is 112 Å². The van der Waals surface area contributed by atoms with Crippen molar-refractivity contribution in [2.24, 2.45) is 0 Å². The van der Waals surface area contributed by atoms with Gasteiger partial charge in [-0.1, -0.05) is 11.6 Å². The molecule has 0 fully saturated rings. The lowest BCUT2D eigenvalue weighted by Crippen LogP contribution is -2.12. The SMILES string of the molecule is O=C(Nc1cc(F)cc(F)c1)c1ccc(O)c(Cl)c1. The van der Waals surface area contributed by atoms with Gasteiger partial charge < -0.3 is 10.4 Å². The second-order valence-electron chi connectivity index (χ2n) is 3.78. The van der Waals surface area contributed by atoms with Gasteiger partial charge in [0.05, 0.1) is 5.02 Å². The highest BCUT2D eigenvalue weighted by Gasteiger charge is 2.10. The first-order valence-electron chi connectivity index (χ1n) is 5.21. The molecular weight excluding hydrogens is 276 g/mol. The summed E-state index contributed by atoms with van der Waals surface area (Å²) in [5, 5.41) is 11.6. The van der Waals surface area contributed by atoms with Gasteiger partial charge in [-0.25, -0.2) is 8.78 Å². The Balaban J connectivity index is 2.22. The zero-order valence-electron chi connectivity index (χ0n) is 9.45. The fourth-order valence-corrected chi connectivity index (χ4v) is 1.66. The minimum absolute atomic E-state index is 0.00769. The summed E-state index contributed by atoms with van der Waals surface area (Å²) in [6.45, 7) is 0. The standard InChI is InChI=1S/C13H8ClF2NO2/c14-11-3-7(1-2-12(11)18)13(19)17-10-5-8(15)4-9(16)6-10/h1-6,18H,(H,17,19). The number of amides is 1. The van der Waals surface area contributed by atoms with Crippen LogP contribution < -0.4 is 5.32 Å². The Bertz CT molecular complexity index is 626. The number of rotatable bonds is 2. The van der Waals surface area contributed by atoms with Crippen molar-refractivity contribution in [3.63, 3.8) is 0 Å². The van der Waals surface area contributed by atoms with E-state index >= 15 is 0 Å². The molecule has 0 aliphatic carbocycles. The molecule has 0 aromatic heterocycles. The van der Waals surface area contributed by atoms with Crippen molar-refractivity contribution in [2.45, 2.75) is 0 Å². The Morgan fingerprint density at radius 3 is 2.32 bits per heavy atom. The first kappa shape index (κ1) is 13.3. The molecule has 0 radical (unpaired) electrons. The topological polar surface area (TPSA) is 49.3 Å². The molecule has 98 valence electrons. The molecule has 0 saturated carbocycles. The lowest BCUT2D eigenvalue weighted by Gasteiger charge is -2.06. The van der Waals surface area contributed by atoms with Crippen LogP contribution in [-0.2, 0) is 0 Å². The highest BCUT2D eigenvalue weighted by atomic mass is 35.5. The van der Waals surface area contributed by atoms with Crippen molar-refractivity contribution in [1.29, 1.82) is 0 Å². The average molecular weight is 284 g/mol. The summed E-state index contributed by atoms with van der Waals surface area (Å²) in [6, 6.07) is 6.52. The van der Waals surface area contributed by atoms with Crippen molar-refractivity contribution in [3.8, 4) is 5.75 Å². The summed E-state index contributed by atoms with van der Waals surface area (Å²) in [5.74, 6) is -2.33. The van der Waals surface area contributed by atoms with Gasteiger partial charge in [-0.3, -0.25) is 4.79 Å². The zero-order chi connectivity index (χ0) is 14.0. The summed E-state index contributed by atoms with van der Waals surface area (Å²) < 4.78 is 25.9. The minimum atomic E-state index is -0.793. The van der Waals surface area contributed by atoms with E-state index in [-0.39, 0.29) is 22.0 Å². The van der Waals surface area contributed by atoms with E-state index in [0.29, 0.717) is 6.07 Å². The van der Waals surface area contributed by atoms with Crippen LogP contribution >= 0.6 is 11.6 Å². The molecule has 2 aromatic carbocycles. The normalized spacial score (nSPS) is 10.3. The first-order chi connectivity index (χ1) is 8.95. The van der Waals surface area contributed by atoms with Crippen LogP contribution in [0, 0.1) is 11.6 Å². The van der Waals surface area contributed by atoms with E-state index < -0.39 is 17.5 Å². The van der Waals surface area contributed by atoms with E-state index in [2.05, 4.69) is 5.32 Å². The summed E-state index contributed by atoms with van der Waals surface area (Å²) in [7, 11) is 0. The molecule has 0 spiro atoms. The number of carbonyl (C=O) groups excluding carboxylic acids is 1. The molecule has 2 N–H and O–H groups in total. The number of hydrogen-bond donors (Lipinski definition) is 2. The van der Waals surface area contributed by atoms with E-state index in [9.17, 15) is 18.7 Å². The second-order valence-corrected chi connectivity index (χ2v) is 4.19. The Kier molecular flexibility index (Phi) is 3.66. The van der Waals surface area contributed by atoms with Crippen LogP contribution in [0.3, 0.4) is 0 Å². The maximum absolute atomic E-state index is 13.0. The fraction of sp³-hybridized carbons (Fsp3) is 0. The quantitative estimate of drug-likeness (QED) is 0.885. The third kappa shape index (κ3) is 3.20. The third-order valence-electron chi connectivity index (χ3n) is 2.33. The summed E-state index contributed by atoms with van der Waals surface area (Å²) in [4.78, 5) is 11.8. The molecule has 3 nitrogen and oxygen atoms in total. The van der Waals surface area contributed by atoms with E-state index in [0.717, 1.165) is 12.1 Å². The second kappa shape index (κ2) is 5.24. The van der Waals surface area contributed by atoms with Gasteiger partial charge in [0, 0.05) is 17.3 Å². The van der Waals surface area contributed by atoms with Gasteiger partial charge in [-0.05, 0) is 30.3 Å². The van der Waals surface area contributed by atoms with Crippen LogP contribution in [-0.4, -0.2) is 11.0 Å². The molecule has 0 aliphatic heterocycles. The minimum Gasteiger partial charge on any atom is -0.506 e. The number of nitrogens with one attached hydrogen (secondary N) is 1. The molecule has 0 aliphatic rings. The maximum Gasteiger partial charge on any atom is 0.255 e. The number of halogens is 3. The molecule has 0 bridgehead atoms. The van der Waals surface area contributed by atoms with Crippen LogP contribution in [0.2, 0.25) is 5.02 Å². The largest absolute Gasteiger partial charge is 0.506 e. The molecule has 19 heavy (non-hydrogen) atoms. The monoisotopic (exact) mass is 283 g/mol. The van der Waals surface area contributed by atoms with Crippen LogP contribution in [0.1, 0.15) is 10.4 Å². The van der Waals surface area contributed by atoms with Crippen molar-refractivity contribution in [1.82, 2.24) is 0 Å². The van der Waals surface area contributed by atoms with Gasteiger partial charge in [-0.2, -0.15) is 0 Å². The molecule has 0 atom stereocenters. The Morgan fingerprint density at radius 1 is 1.11 bits per heavy atom. The number of phenols is 1. The smallest absolute Gasteiger partial charge is 0.255 e. The van der Waals surface area contributed by atoms with Gasteiger partial charge in [0.1, 0.15) is 17.4 Å². The third-order valence-corrected chi connectivity index (χ3v) is 2.63. The number of carbonyl (C=O) groups is 1. The predicted octanol–water partition coefficient (Wildman–Crippen LogP) is 3.58. The predicted molar refractivity (Wildman–Crippen MR) is 67.4 cm³/mol. The maximum atomic E-state index is 13.0. The lowest BCUT2D eigenvalue weighted by molar-refractivity contribution is 0.102. The van der Waals surface area contributed by atoms with Gasteiger partial charge in [0.15, 0.2) is 0 Å². The number of aromatic hydroxyl groups is 1. The average Bonchev–Trinajstić information content (AvgIpc) is 2.31. The van der Waals surface area contributed by atoms with Crippen LogP contribution in [0.25, 0.3) is 0 Å². The van der Waals surface area contributed by atoms with Crippen molar-refractivity contribution in [3.05, 3.63) is 58.6 Å². The summed E-state index contributed by atoms with van der Waals surface area (Å²) in [6.07, 6.45) is 0. The van der Waals surface area contributed by atoms with Gasteiger partial charge in [0.2, 0.25) is 0 Å². The molecular formula is C13H8ClF2NO2. The number of phenolic OH excluding ortho intramolecular Hbond substituents is 1. The van der Waals surface area contributed by atoms with Crippen molar-refractivity contribution in [2.75, 3.05) is 5.32 Å². The van der Waals surface area contributed by atoms with E-state index in [1.807, 2.05) is 0 Å². The van der Waals surface area contributed by atoms with Gasteiger partial charge in [-0.15, -0.1) is 0 Å². The molecule has 2 rings (SSSR count). The Hall–Kier alpha value is -2.14. The van der Waals surface area contributed by atoms with E-state index in [4.69, 9.17) is 11.6 Å². The zero-order valence-corrected chi connectivity index (χ0v) is 10.2. The molecule has 2 aromatic rings.